The van der Waals surface area contributed by atoms with E-state index in [0.717, 1.165) is 51.6 Å². The molecule has 10 nitrogen and oxygen atoms in total. The summed E-state index contributed by atoms with van der Waals surface area (Å²) in [6.07, 6.45) is 5.15. The third-order valence-electron chi connectivity index (χ3n) is 8.39. The normalized spacial score (nSPS) is 18.1. The number of carboxylic acid groups (broad SMARTS) is 2. The Morgan fingerprint density at radius 3 is 2.12 bits per heavy atom. The molecule has 2 aromatic rings. The van der Waals surface area contributed by atoms with Gasteiger partial charge >= 0.3 is 11.9 Å². The van der Waals surface area contributed by atoms with Crippen LogP contribution in [0.25, 0.3) is 0 Å². The second kappa shape index (κ2) is 13.5. The van der Waals surface area contributed by atoms with Crippen molar-refractivity contribution in [2.24, 2.45) is 11.3 Å². The van der Waals surface area contributed by atoms with E-state index in [0.29, 0.717) is 16.5 Å². The van der Waals surface area contributed by atoms with E-state index < -0.39 is 42.3 Å². The van der Waals surface area contributed by atoms with Gasteiger partial charge in [0, 0.05) is 23.5 Å². The molecule has 2 amide bonds. The molecule has 2 fully saturated rings. The molecule has 10 heteroatoms. The van der Waals surface area contributed by atoms with E-state index >= 15 is 0 Å². The Kier molecular flexibility index (Phi) is 9.88. The number of rotatable bonds is 11. The molecule has 1 saturated heterocycles. The SMILES string of the molecule is O=C(O)CC(NC(=O)c1cccc(C(=O)C2CCC3(CCNCC3)CC2)c1)C(=O)NC(Cc1ccccc1)C(=O)O. The highest BCUT2D eigenvalue weighted by molar-refractivity contribution is 6.03. The fourth-order valence-corrected chi connectivity index (χ4v) is 5.95. The summed E-state index contributed by atoms with van der Waals surface area (Å²) in [4.78, 5) is 62.6. The summed E-state index contributed by atoms with van der Waals surface area (Å²) in [7, 11) is 0. The summed E-state index contributed by atoms with van der Waals surface area (Å²) in [5.74, 6) is -4.42. The molecule has 1 saturated carbocycles. The maximum Gasteiger partial charge on any atom is 0.326 e. The van der Waals surface area contributed by atoms with Crippen LogP contribution in [0.5, 0.6) is 0 Å². The van der Waals surface area contributed by atoms with E-state index in [1.54, 1.807) is 42.5 Å². The van der Waals surface area contributed by atoms with Crippen LogP contribution in [0.3, 0.4) is 0 Å². The number of ketones is 1. The average molecular weight is 564 g/mol. The van der Waals surface area contributed by atoms with Gasteiger partial charge in [0.15, 0.2) is 5.78 Å². The van der Waals surface area contributed by atoms with Gasteiger partial charge in [-0.1, -0.05) is 42.5 Å². The maximum atomic E-state index is 13.3. The summed E-state index contributed by atoms with van der Waals surface area (Å²) >= 11 is 0. The molecule has 0 bridgehead atoms. The van der Waals surface area contributed by atoms with Crippen molar-refractivity contribution in [3.63, 3.8) is 0 Å². The van der Waals surface area contributed by atoms with Crippen molar-refractivity contribution < 1.29 is 34.2 Å². The van der Waals surface area contributed by atoms with Crippen LogP contribution in [0.1, 0.15) is 71.2 Å². The van der Waals surface area contributed by atoms with Crippen molar-refractivity contribution in [2.45, 2.75) is 63.5 Å². The van der Waals surface area contributed by atoms with Gasteiger partial charge in [-0.2, -0.15) is 0 Å². The van der Waals surface area contributed by atoms with Gasteiger partial charge in [0.2, 0.25) is 5.91 Å². The highest BCUT2D eigenvalue weighted by Gasteiger charge is 2.38. The van der Waals surface area contributed by atoms with Gasteiger partial charge in [0.1, 0.15) is 12.1 Å². The molecule has 1 aliphatic heterocycles. The monoisotopic (exact) mass is 563 g/mol. The molecule has 4 rings (SSSR count). The molecule has 41 heavy (non-hydrogen) atoms. The number of hydrogen-bond donors (Lipinski definition) is 5. The second-order valence-electron chi connectivity index (χ2n) is 11.2. The van der Waals surface area contributed by atoms with Gasteiger partial charge in [0.05, 0.1) is 6.42 Å². The molecule has 2 atom stereocenters. The van der Waals surface area contributed by atoms with Crippen LogP contribution in [-0.4, -0.2) is 64.9 Å². The summed E-state index contributed by atoms with van der Waals surface area (Å²) < 4.78 is 0. The average Bonchev–Trinajstić information content (AvgIpc) is 2.97. The van der Waals surface area contributed by atoms with Crippen molar-refractivity contribution in [1.82, 2.24) is 16.0 Å². The Morgan fingerprint density at radius 2 is 1.49 bits per heavy atom. The van der Waals surface area contributed by atoms with Crippen LogP contribution in [0.4, 0.5) is 0 Å². The third-order valence-corrected chi connectivity index (χ3v) is 8.39. The number of carbonyl (C=O) groups excluding carboxylic acids is 3. The fourth-order valence-electron chi connectivity index (χ4n) is 5.95. The fraction of sp³-hybridized carbons (Fsp3) is 0.452. The lowest BCUT2D eigenvalue weighted by Crippen LogP contribution is -2.52. The molecule has 2 aromatic carbocycles. The van der Waals surface area contributed by atoms with E-state index in [2.05, 4.69) is 16.0 Å². The smallest absolute Gasteiger partial charge is 0.326 e. The zero-order chi connectivity index (χ0) is 29.4. The van der Waals surface area contributed by atoms with Crippen molar-refractivity contribution in [3.8, 4) is 0 Å². The van der Waals surface area contributed by atoms with E-state index in [9.17, 15) is 34.2 Å². The standard InChI is InChI=1S/C31H37N3O7/c35-26(36)19-24(29(39)34-25(30(40)41)17-20-5-2-1-3-6-20)33-28(38)23-8-4-7-22(18-23)27(37)21-9-11-31(12-10-21)13-15-32-16-14-31/h1-8,18,21,24-25,32H,9-17,19H2,(H,33,38)(H,34,39)(H,35,36)(H,40,41). The lowest BCUT2D eigenvalue weighted by atomic mass is 9.65. The van der Waals surface area contributed by atoms with Gasteiger partial charge in [-0.15, -0.1) is 0 Å². The topological polar surface area (TPSA) is 162 Å². The van der Waals surface area contributed by atoms with Gasteiger partial charge in [-0.3, -0.25) is 19.2 Å². The van der Waals surface area contributed by atoms with Crippen molar-refractivity contribution in [1.29, 1.82) is 0 Å². The molecular weight excluding hydrogens is 526 g/mol. The van der Waals surface area contributed by atoms with E-state index in [-0.39, 0.29) is 23.7 Å². The summed E-state index contributed by atoms with van der Waals surface area (Å²) in [6.45, 7) is 2.03. The molecular formula is C31H37N3O7. The maximum absolute atomic E-state index is 13.3. The first kappa shape index (κ1) is 29.9. The van der Waals surface area contributed by atoms with Crippen molar-refractivity contribution >= 4 is 29.5 Å². The first-order valence-electron chi connectivity index (χ1n) is 14.1. The third kappa shape index (κ3) is 8.00. The van der Waals surface area contributed by atoms with Crippen LogP contribution in [0, 0.1) is 11.3 Å². The predicted octanol–water partition coefficient (Wildman–Crippen LogP) is 2.81. The molecule has 1 aliphatic carbocycles. The van der Waals surface area contributed by atoms with Gasteiger partial charge < -0.3 is 26.2 Å². The quantitative estimate of drug-likeness (QED) is 0.261. The molecule has 218 valence electrons. The number of piperidine rings is 1. The Balaban J connectivity index is 1.40. The zero-order valence-electron chi connectivity index (χ0n) is 22.9. The van der Waals surface area contributed by atoms with Crippen LogP contribution < -0.4 is 16.0 Å². The zero-order valence-corrected chi connectivity index (χ0v) is 22.9. The summed E-state index contributed by atoms with van der Waals surface area (Å²) in [5.41, 5.74) is 1.51. The van der Waals surface area contributed by atoms with Crippen LogP contribution in [0.2, 0.25) is 0 Å². The number of carboxylic acids is 2. The summed E-state index contributed by atoms with van der Waals surface area (Å²) in [6, 6.07) is 12.1. The lowest BCUT2D eigenvalue weighted by molar-refractivity contribution is -0.142. The minimum absolute atomic E-state index is 0.0149. The first-order chi connectivity index (χ1) is 19.7. The highest BCUT2D eigenvalue weighted by Crippen LogP contribution is 2.45. The lowest BCUT2D eigenvalue weighted by Gasteiger charge is -2.42. The molecule has 5 N–H and O–H groups in total. The first-order valence-corrected chi connectivity index (χ1v) is 14.1. The van der Waals surface area contributed by atoms with E-state index in [1.165, 1.54) is 12.1 Å². The highest BCUT2D eigenvalue weighted by atomic mass is 16.4. The van der Waals surface area contributed by atoms with Gasteiger partial charge in [-0.05, 0) is 74.7 Å². The Bertz CT molecular complexity index is 1260. The Hall–Kier alpha value is -4.05. The number of Topliss-reactive ketones (excluding diaryl/α,β-unsaturated/α-hetero) is 1. The Labute approximate surface area is 238 Å². The number of nitrogens with one attached hydrogen (secondary N) is 3. The second-order valence-corrected chi connectivity index (χ2v) is 11.2. The molecule has 2 aliphatic rings. The predicted molar refractivity (Wildman–Crippen MR) is 150 cm³/mol. The largest absolute Gasteiger partial charge is 0.481 e. The molecule has 0 aromatic heterocycles. The van der Waals surface area contributed by atoms with Crippen LogP contribution in [0.15, 0.2) is 54.6 Å². The number of amides is 2. The van der Waals surface area contributed by atoms with Crippen molar-refractivity contribution in [3.05, 3.63) is 71.3 Å². The van der Waals surface area contributed by atoms with E-state index in [1.807, 2.05) is 0 Å². The minimum atomic E-state index is -1.52. The molecule has 1 spiro atoms. The molecule has 2 unspecified atom stereocenters. The number of benzene rings is 2. The van der Waals surface area contributed by atoms with Gasteiger partial charge in [-0.25, -0.2) is 4.79 Å². The Morgan fingerprint density at radius 1 is 0.829 bits per heavy atom. The molecule has 0 radical (unpaired) electrons. The number of aliphatic carboxylic acids is 2. The molecule has 1 heterocycles. The van der Waals surface area contributed by atoms with Crippen molar-refractivity contribution in [2.75, 3.05) is 13.1 Å². The van der Waals surface area contributed by atoms with Crippen LogP contribution >= 0.6 is 0 Å². The van der Waals surface area contributed by atoms with Gasteiger partial charge in [0.25, 0.3) is 5.91 Å². The number of carbonyl (C=O) groups is 5. The minimum Gasteiger partial charge on any atom is -0.481 e. The van der Waals surface area contributed by atoms with E-state index in [4.69, 9.17) is 0 Å². The summed E-state index contributed by atoms with van der Waals surface area (Å²) in [5, 5.41) is 27.1. The number of hydrogen-bond acceptors (Lipinski definition) is 6. The van der Waals surface area contributed by atoms with Crippen LogP contribution in [-0.2, 0) is 20.8 Å².